The minimum atomic E-state index is -3.73. The number of nitrogens with one attached hydrogen (secondary N) is 1. The number of rotatable bonds is 12. The van der Waals surface area contributed by atoms with Gasteiger partial charge in [-0.1, -0.05) is 63.2 Å². The predicted molar refractivity (Wildman–Crippen MR) is 142 cm³/mol. The number of anilines is 1. The Morgan fingerprint density at radius 3 is 2.03 bits per heavy atom. The van der Waals surface area contributed by atoms with Crippen molar-refractivity contribution in [2.45, 2.75) is 65.5 Å². The lowest BCUT2D eigenvalue weighted by Crippen LogP contribution is -2.54. The van der Waals surface area contributed by atoms with Gasteiger partial charge in [0.2, 0.25) is 21.8 Å². The normalized spacial score (nSPS) is 12.5. The Labute approximate surface area is 210 Å². The average Bonchev–Trinajstić information content (AvgIpc) is 2.79. The fraction of sp³-hybridized carbons (Fsp3) is 0.481. The maximum absolute atomic E-state index is 13.6. The van der Waals surface area contributed by atoms with E-state index in [4.69, 9.17) is 0 Å². The summed E-state index contributed by atoms with van der Waals surface area (Å²) < 4.78 is 26.5. The predicted octanol–water partition coefficient (Wildman–Crippen LogP) is 3.95. The van der Waals surface area contributed by atoms with Gasteiger partial charge in [0.05, 0.1) is 11.9 Å². The molecule has 0 aromatic heterocycles. The molecule has 0 radical (unpaired) electrons. The summed E-state index contributed by atoms with van der Waals surface area (Å²) in [5.41, 5.74) is 2.54. The van der Waals surface area contributed by atoms with Gasteiger partial charge in [0.25, 0.3) is 0 Å². The minimum Gasteiger partial charge on any atom is -0.352 e. The van der Waals surface area contributed by atoms with E-state index in [-0.39, 0.29) is 18.5 Å². The zero-order chi connectivity index (χ0) is 26.2. The molecule has 7 nitrogen and oxygen atoms in total. The van der Waals surface area contributed by atoms with Crippen molar-refractivity contribution in [2.75, 3.05) is 23.7 Å². The van der Waals surface area contributed by atoms with Crippen molar-refractivity contribution < 1.29 is 18.0 Å². The van der Waals surface area contributed by atoms with E-state index in [1.165, 1.54) is 4.90 Å². The Balaban J connectivity index is 2.36. The summed E-state index contributed by atoms with van der Waals surface area (Å²) >= 11 is 0. The van der Waals surface area contributed by atoms with Crippen LogP contribution in [0.3, 0.4) is 0 Å². The molecule has 0 heterocycles. The molecule has 1 unspecified atom stereocenters. The van der Waals surface area contributed by atoms with Crippen molar-refractivity contribution in [3.05, 3.63) is 65.7 Å². The summed E-state index contributed by atoms with van der Waals surface area (Å²) in [6, 6.07) is 16.1. The molecule has 0 aliphatic heterocycles. The summed E-state index contributed by atoms with van der Waals surface area (Å²) in [6.07, 6.45) is 2.06. The molecule has 1 atom stereocenters. The van der Waals surface area contributed by atoms with Crippen LogP contribution in [0.15, 0.2) is 54.6 Å². The number of amides is 2. The van der Waals surface area contributed by atoms with Crippen molar-refractivity contribution >= 4 is 27.5 Å². The SMILES string of the molecule is CCC(C(=O)NC(C)C)N(CCc1ccccc1)C(=O)CN(c1ccc(C(C)C)cc1)S(C)(=O)=O. The highest BCUT2D eigenvalue weighted by molar-refractivity contribution is 7.92. The largest absolute Gasteiger partial charge is 0.352 e. The van der Waals surface area contributed by atoms with E-state index in [1.54, 1.807) is 12.1 Å². The van der Waals surface area contributed by atoms with Gasteiger partial charge in [-0.25, -0.2) is 8.42 Å². The molecule has 2 aromatic carbocycles. The number of carbonyl (C=O) groups excluding carboxylic acids is 2. The van der Waals surface area contributed by atoms with Crippen molar-refractivity contribution in [3.8, 4) is 0 Å². The van der Waals surface area contributed by atoms with E-state index < -0.39 is 22.0 Å². The van der Waals surface area contributed by atoms with Crippen LogP contribution in [0.1, 0.15) is 58.1 Å². The van der Waals surface area contributed by atoms with E-state index in [0.29, 0.717) is 31.0 Å². The molecule has 0 spiro atoms. The number of benzene rings is 2. The summed E-state index contributed by atoms with van der Waals surface area (Å²) in [5, 5.41) is 2.89. The molecule has 0 fully saturated rings. The van der Waals surface area contributed by atoms with E-state index >= 15 is 0 Å². The Hall–Kier alpha value is -2.87. The standard InChI is InChI=1S/C27H39N3O4S/c1-7-25(27(32)28-21(4)5)29(18-17-22-11-9-8-10-12-22)26(31)19-30(35(6,33)34)24-15-13-23(14-16-24)20(2)3/h8-16,20-21,25H,7,17-19H2,1-6H3,(H,28,32). The van der Waals surface area contributed by atoms with Crippen molar-refractivity contribution in [1.82, 2.24) is 10.2 Å². The molecular weight excluding hydrogens is 462 g/mol. The molecule has 0 aliphatic carbocycles. The van der Waals surface area contributed by atoms with Crippen LogP contribution >= 0.6 is 0 Å². The molecule has 0 saturated heterocycles. The molecule has 8 heteroatoms. The highest BCUT2D eigenvalue weighted by atomic mass is 32.2. The second-order valence-electron chi connectivity index (χ2n) is 9.43. The zero-order valence-corrected chi connectivity index (χ0v) is 22.5. The smallest absolute Gasteiger partial charge is 0.244 e. The molecule has 1 N–H and O–H groups in total. The molecule has 2 rings (SSSR count). The van der Waals surface area contributed by atoms with Gasteiger partial charge >= 0.3 is 0 Å². The van der Waals surface area contributed by atoms with Gasteiger partial charge in [0.15, 0.2) is 0 Å². The summed E-state index contributed by atoms with van der Waals surface area (Å²) in [5.74, 6) is -0.350. The van der Waals surface area contributed by atoms with E-state index in [9.17, 15) is 18.0 Å². The van der Waals surface area contributed by atoms with Crippen LogP contribution in [0.4, 0.5) is 5.69 Å². The van der Waals surface area contributed by atoms with Gasteiger partial charge in [0, 0.05) is 12.6 Å². The topological polar surface area (TPSA) is 86.8 Å². The first kappa shape index (κ1) is 28.4. The molecule has 0 aliphatic rings. The zero-order valence-electron chi connectivity index (χ0n) is 21.7. The van der Waals surface area contributed by atoms with Crippen LogP contribution in [0.25, 0.3) is 0 Å². The van der Waals surface area contributed by atoms with E-state index in [2.05, 4.69) is 19.2 Å². The molecule has 192 valence electrons. The summed E-state index contributed by atoms with van der Waals surface area (Å²) in [6.45, 7) is 9.64. The van der Waals surface area contributed by atoms with E-state index in [0.717, 1.165) is 21.7 Å². The fourth-order valence-corrected chi connectivity index (χ4v) is 4.77. The van der Waals surface area contributed by atoms with Crippen molar-refractivity contribution in [3.63, 3.8) is 0 Å². The third-order valence-corrected chi connectivity index (χ3v) is 6.97. The van der Waals surface area contributed by atoms with Crippen molar-refractivity contribution in [2.24, 2.45) is 0 Å². The van der Waals surface area contributed by atoms with Crippen LogP contribution in [0.2, 0.25) is 0 Å². The lowest BCUT2D eigenvalue weighted by molar-refractivity contribution is -0.139. The van der Waals surface area contributed by atoms with Gasteiger partial charge in [-0.15, -0.1) is 0 Å². The number of carbonyl (C=O) groups is 2. The van der Waals surface area contributed by atoms with Crippen LogP contribution < -0.4 is 9.62 Å². The molecule has 35 heavy (non-hydrogen) atoms. The summed E-state index contributed by atoms with van der Waals surface area (Å²) in [4.78, 5) is 28.1. The Kier molecular flexibility index (Phi) is 10.3. The van der Waals surface area contributed by atoms with Gasteiger partial charge in [-0.2, -0.15) is 0 Å². The quantitative estimate of drug-likeness (QED) is 0.477. The lowest BCUT2D eigenvalue weighted by atomic mass is 10.0. The first-order valence-electron chi connectivity index (χ1n) is 12.2. The third kappa shape index (κ3) is 8.38. The average molecular weight is 502 g/mol. The number of hydrogen-bond acceptors (Lipinski definition) is 4. The van der Waals surface area contributed by atoms with Crippen LogP contribution in [-0.4, -0.2) is 56.6 Å². The highest BCUT2D eigenvalue weighted by Gasteiger charge is 2.31. The van der Waals surface area contributed by atoms with Gasteiger partial charge in [0.1, 0.15) is 12.6 Å². The number of hydrogen-bond donors (Lipinski definition) is 1. The first-order valence-corrected chi connectivity index (χ1v) is 14.0. The maximum Gasteiger partial charge on any atom is 0.244 e. The van der Waals surface area contributed by atoms with Gasteiger partial charge in [-0.05, 0) is 55.9 Å². The van der Waals surface area contributed by atoms with Crippen LogP contribution in [-0.2, 0) is 26.0 Å². The van der Waals surface area contributed by atoms with Gasteiger partial charge in [-0.3, -0.25) is 13.9 Å². The molecule has 0 saturated carbocycles. The molecular formula is C27H39N3O4S. The Bertz CT molecular complexity index is 1070. The number of nitrogens with zero attached hydrogens (tertiary/aromatic N) is 2. The van der Waals surface area contributed by atoms with Crippen LogP contribution in [0.5, 0.6) is 0 Å². The lowest BCUT2D eigenvalue weighted by Gasteiger charge is -2.33. The van der Waals surface area contributed by atoms with E-state index in [1.807, 2.05) is 63.2 Å². The second-order valence-corrected chi connectivity index (χ2v) is 11.3. The molecule has 2 amide bonds. The number of sulfonamides is 1. The van der Waals surface area contributed by atoms with Crippen molar-refractivity contribution in [1.29, 1.82) is 0 Å². The third-order valence-electron chi connectivity index (χ3n) is 5.83. The Morgan fingerprint density at radius 2 is 1.54 bits per heavy atom. The first-order chi connectivity index (χ1) is 16.4. The monoisotopic (exact) mass is 501 g/mol. The Morgan fingerprint density at radius 1 is 0.943 bits per heavy atom. The van der Waals surface area contributed by atoms with Gasteiger partial charge < -0.3 is 10.2 Å². The fourth-order valence-electron chi connectivity index (χ4n) is 3.92. The molecule has 2 aromatic rings. The summed E-state index contributed by atoms with van der Waals surface area (Å²) in [7, 11) is -3.73. The second kappa shape index (κ2) is 12.7. The molecule has 0 bridgehead atoms. The highest BCUT2D eigenvalue weighted by Crippen LogP contribution is 2.22. The minimum absolute atomic E-state index is 0.0744. The van der Waals surface area contributed by atoms with Crippen LogP contribution in [0, 0.1) is 0 Å². The maximum atomic E-state index is 13.6.